The number of carboxylic acids is 1. The van der Waals surface area contributed by atoms with Gasteiger partial charge in [0, 0.05) is 23.5 Å². The molecule has 35 heavy (non-hydrogen) atoms. The Morgan fingerprint density at radius 1 is 1.11 bits per heavy atom. The number of nitrogens with zero attached hydrogens (tertiary/aromatic N) is 3. The minimum Gasteiger partial charge on any atom is -0.478 e. The van der Waals surface area contributed by atoms with Crippen molar-refractivity contribution < 1.29 is 23.1 Å². The Labute approximate surface area is 202 Å². The maximum absolute atomic E-state index is 13.0. The Kier molecular flexibility index (Phi) is 5.55. The largest absolute Gasteiger partial charge is 0.478 e. The smallest absolute Gasteiger partial charge is 0.433 e. The molecule has 0 unspecified atom stereocenters. The molecule has 5 rings (SSSR count). The summed E-state index contributed by atoms with van der Waals surface area (Å²) in [6, 6.07) is 13.4. The normalized spacial score (nSPS) is 14.5. The van der Waals surface area contributed by atoms with Crippen molar-refractivity contribution in [3.8, 4) is 10.4 Å². The third-order valence-corrected chi connectivity index (χ3v) is 7.15. The van der Waals surface area contributed by atoms with Crippen molar-refractivity contribution in [2.75, 3.05) is 5.32 Å². The molecule has 0 atom stereocenters. The van der Waals surface area contributed by atoms with Gasteiger partial charge in [-0.05, 0) is 60.7 Å². The molecular formula is C25H19F3N4O2S. The Balaban J connectivity index is 1.45. The van der Waals surface area contributed by atoms with Crippen LogP contribution in [0.4, 0.5) is 24.8 Å². The van der Waals surface area contributed by atoms with E-state index in [9.17, 15) is 23.1 Å². The lowest BCUT2D eigenvalue weighted by atomic mass is 9.92. The maximum atomic E-state index is 13.0. The number of carboxylic acid groups (broad SMARTS) is 1. The van der Waals surface area contributed by atoms with Gasteiger partial charge >= 0.3 is 12.1 Å². The van der Waals surface area contributed by atoms with Crippen LogP contribution in [-0.2, 0) is 11.6 Å². The zero-order chi connectivity index (χ0) is 24.8. The van der Waals surface area contributed by atoms with Gasteiger partial charge < -0.3 is 10.4 Å². The summed E-state index contributed by atoms with van der Waals surface area (Å²) >= 11 is 1.49. The highest BCUT2D eigenvalue weighted by Gasteiger charge is 2.50. The zero-order valence-electron chi connectivity index (χ0n) is 18.4. The number of alkyl halides is 3. The quantitative estimate of drug-likeness (QED) is 0.319. The van der Waals surface area contributed by atoms with Gasteiger partial charge in [0.25, 0.3) is 0 Å². The van der Waals surface area contributed by atoms with Crippen LogP contribution < -0.4 is 5.32 Å². The summed E-state index contributed by atoms with van der Waals surface area (Å²) in [7, 11) is 0. The van der Waals surface area contributed by atoms with Gasteiger partial charge in [0.2, 0.25) is 5.95 Å². The molecule has 0 radical (unpaired) electrons. The number of thiazole rings is 1. The Morgan fingerprint density at radius 3 is 2.60 bits per heavy atom. The minimum absolute atomic E-state index is 0.149. The number of rotatable bonds is 6. The van der Waals surface area contributed by atoms with E-state index in [0.29, 0.717) is 5.69 Å². The first-order valence-electron chi connectivity index (χ1n) is 10.7. The van der Waals surface area contributed by atoms with Gasteiger partial charge in [0.15, 0.2) is 0 Å². The number of nitrogens with one attached hydrogen (secondary N) is 1. The van der Waals surface area contributed by atoms with Gasteiger partial charge in [-0.1, -0.05) is 24.3 Å². The van der Waals surface area contributed by atoms with Crippen LogP contribution in [0.3, 0.4) is 0 Å². The summed E-state index contributed by atoms with van der Waals surface area (Å²) < 4.78 is 39.0. The molecule has 0 spiro atoms. The number of carbonyl (C=O) groups is 1. The van der Waals surface area contributed by atoms with Crippen molar-refractivity contribution in [1.29, 1.82) is 0 Å². The Morgan fingerprint density at radius 2 is 1.89 bits per heavy atom. The number of aromatic nitrogens is 3. The number of hydrogen-bond acceptors (Lipinski definition) is 6. The molecule has 0 aliphatic heterocycles. The molecule has 1 aliphatic rings. The molecule has 0 amide bonds. The van der Waals surface area contributed by atoms with Crippen LogP contribution in [0.15, 0.2) is 60.9 Å². The van der Waals surface area contributed by atoms with Gasteiger partial charge in [-0.15, -0.1) is 11.3 Å². The van der Waals surface area contributed by atoms with Crippen LogP contribution in [0.2, 0.25) is 0 Å². The van der Waals surface area contributed by atoms with Crippen LogP contribution in [0, 0.1) is 6.92 Å². The number of aryl methyl sites for hydroxylation is 1. The first-order valence-corrected chi connectivity index (χ1v) is 11.6. The summed E-state index contributed by atoms with van der Waals surface area (Å²) in [5, 5.41) is 13.3. The van der Waals surface area contributed by atoms with E-state index in [1.807, 2.05) is 25.1 Å². The van der Waals surface area contributed by atoms with Crippen LogP contribution in [-0.4, -0.2) is 26.0 Å². The summed E-state index contributed by atoms with van der Waals surface area (Å²) in [5.74, 6) is -1.11. The zero-order valence-corrected chi connectivity index (χ0v) is 19.2. The van der Waals surface area contributed by atoms with Gasteiger partial charge in [-0.3, -0.25) is 0 Å². The van der Waals surface area contributed by atoms with Crippen molar-refractivity contribution in [2.45, 2.75) is 31.4 Å². The maximum Gasteiger partial charge on any atom is 0.433 e. The number of halogens is 3. The molecule has 2 heterocycles. The van der Waals surface area contributed by atoms with Crippen molar-refractivity contribution >= 4 is 28.9 Å². The number of benzene rings is 2. The number of hydrogen-bond donors (Lipinski definition) is 2. The van der Waals surface area contributed by atoms with Crippen molar-refractivity contribution in [1.82, 2.24) is 15.0 Å². The molecule has 0 bridgehead atoms. The van der Waals surface area contributed by atoms with E-state index in [2.05, 4.69) is 20.3 Å². The van der Waals surface area contributed by atoms with E-state index in [1.54, 1.807) is 30.5 Å². The molecule has 6 nitrogen and oxygen atoms in total. The molecule has 1 fully saturated rings. The van der Waals surface area contributed by atoms with Gasteiger partial charge in [0.05, 0.1) is 10.4 Å². The second-order valence-electron chi connectivity index (χ2n) is 8.44. The molecule has 0 saturated heterocycles. The van der Waals surface area contributed by atoms with E-state index < -0.39 is 23.3 Å². The minimum atomic E-state index is -4.56. The number of aromatic carboxylic acids is 1. The molecule has 178 valence electrons. The second-order valence-corrected chi connectivity index (χ2v) is 9.47. The third-order valence-electron chi connectivity index (χ3n) is 5.90. The number of anilines is 2. The molecule has 2 aromatic carbocycles. The summed E-state index contributed by atoms with van der Waals surface area (Å²) in [6.07, 6.45) is -0.110. The van der Waals surface area contributed by atoms with E-state index >= 15 is 0 Å². The van der Waals surface area contributed by atoms with Crippen LogP contribution in [0.5, 0.6) is 0 Å². The predicted octanol–water partition coefficient (Wildman–Crippen LogP) is 6.45. The third kappa shape index (κ3) is 4.49. The SMILES string of the molecule is Cc1cc(Nc2nccc(C(F)(F)F)n2)cc(-c2cnc(C3(c4ccccc4C(=O)O)CC3)s2)c1. The fraction of sp³-hybridized carbons (Fsp3) is 0.200. The summed E-state index contributed by atoms with van der Waals surface area (Å²) in [6.45, 7) is 1.88. The summed E-state index contributed by atoms with van der Waals surface area (Å²) in [4.78, 5) is 24.7. The molecule has 10 heteroatoms. The Bertz CT molecular complexity index is 1430. The van der Waals surface area contributed by atoms with E-state index in [-0.39, 0.29) is 11.5 Å². The molecule has 2 N–H and O–H groups in total. The van der Waals surface area contributed by atoms with E-state index in [4.69, 9.17) is 0 Å². The van der Waals surface area contributed by atoms with Gasteiger partial charge in [-0.2, -0.15) is 13.2 Å². The lowest BCUT2D eigenvalue weighted by Crippen LogP contribution is -2.14. The van der Waals surface area contributed by atoms with E-state index in [1.165, 1.54) is 11.3 Å². The average Bonchev–Trinajstić information content (AvgIpc) is 3.47. The van der Waals surface area contributed by atoms with Crippen molar-refractivity contribution in [3.63, 3.8) is 0 Å². The first-order chi connectivity index (χ1) is 16.7. The lowest BCUT2D eigenvalue weighted by Gasteiger charge is -2.15. The monoisotopic (exact) mass is 496 g/mol. The van der Waals surface area contributed by atoms with Gasteiger partial charge in [-0.25, -0.2) is 19.7 Å². The topological polar surface area (TPSA) is 88.0 Å². The molecule has 1 aliphatic carbocycles. The van der Waals surface area contributed by atoms with Crippen molar-refractivity contribution in [2.24, 2.45) is 0 Å². The highest BCUT2D eigenvalue weighted by atomic mass is 32.1. The molecular weight excluding hydrogens is 477 g/mol. The first kappa shape index (κ1) is 23.0. The van der Waals surface area contributed by atoms with Crippen LogP contribution >= 0.6 is 11.3 Å². The van der Waals surface area contributed by atoms with Crippen LogP contribution in [0.1, 0.15) is 45.0 Å². The van der Waals surface area contributed by atoms with Crippen LogP contribution in [0.25, 0.3) is 10.4 Å². The fourth-order valence-corrected chi connectivity index (χ4v) is 5.31. The second kappa shape index (κ2) is 8.46. The molecule has 2 aromatic heterocycles. The lowest BCUT2D eigenvalue weighted by molar-refractivity contribution is -0.141. The predicted molar refractivity (Wildman–Crippen MR) is 126 cm³/mol. The molecule has 1 saturated carbocycles. The standard InChI is InChI=1S/C25H19F3N4O2S/c1-14-10-15(12-16(11-14)31-23-29-9-6-20(32-23)25(26,27)28)19-13-30-22(35-19)24(7-8-24)18-5-3-2-4-17(18)21(33)34/h2-6,9-13H,7-8H2,1H3,(H,33,34)(H,29,31,32). The highest BCUT2D eigenvalue weighted by Crippen LogP contribution is 2.56. The van der Waals surface area contributed by atoms with E-state index in [0.717, 1.165) is 51.7 Å². The molecule has 4 aromatic rings. The average molecular weight is 497 g/mol. The van der Waals surface area contributed by atoms with Crippen molar-refractivity contribution in [3.05, 3.63) is 88.3 Å². The summed E-state index contributed by atoms with van der Waals surface area (Å²) in [5.41, 5.74) is 1.90. The Hall–Kier alpha value is -3.79. The highest BCUT2D eigenvalue weighted by molar-refractivity contribution is 7.15. The van der Waals surface area contributed by atoms with Gasteiger partial charge in [0.1, 0.15) is 10.7 Å². The fourth-order valence-electron chi connectivity index (χ4n) is 4.14.